The molecule has 0 radical (unpaired) electrons. The van der Waals surface area contributed by atoms with E-state index < -0.39 is 18.0 Å². The van der Waals surface area contributed by atoms with Gasteiger partial charge in [0.05, 0.1) is 12.6 Å². The third kappa shape index (κ3) is 3.85. The SMILES string of the molecule is CC1=NC(=O)NC(c2ccc(Cl)cc2)C1C(=O)OCC(C)C. The number of rotatable bonds is 4. The van der Waals surface area contributed by atoms with Crippen molar-refractivity contribution in [2.45, 2.75) is 26.8 Å². The van der Waals surface area contributed by atoms with Crippen LogP contribution >= 0.6 is 11.6 Å². The second-order valence-electron chi connectivity index (χ2n) is 5.73. The number of hydrogen-bond donors (Lipinski definition) is 1. The lowest BCUT2D eigenvalue weighted by Crippen LogP contribution is -2.44. The number of halogens is 1. The monoisotopic (exact) mass is 322 g/mol. The van der Waals surface area contributed by atoms with E-state index in [2.05, 4.69) is 10.3 Å². The smallest absolute Gasteiger partial charge is 0.341 e. The second-order valence-corrected chi connectivity index (χ2v) is 6.17. The van der Waals surface area contributed by atoms with Crippen LogP contribution in [0.3, 0.4) is 0 Å². The number of esters is 1. The summed E-state index contributed by atoms with van der Waals surface area (Å²) < 4.78 is 5.33. The summed E-state index contributed by atoms with van der Waals surface area (Å²) in [5, 5.41) is 3.32. The van der Waals surface area contributed by atoms with Crippen molar-refractivity contribution in [1.29, 1.82) is 0 Å². The molecule has 2 atom stereocenters. The molecule has 1 heterocycles. The Morgan fingerprint density at radius 1 is 1.36 bits per heavy atom. The Balaban J connectivity index is 2.28. The third-order valence-electron chi connectivity index (χ3n) is 3.38. The fourth-order valence-electron chi connectivity index (χ4n) is 2.31. The van der Waals surface area contributed by atoms with E-state index in [4.69, 9.17) is 16.3 Å². The number of nitrogens with zero attached hydrogens (tertiary/aromatic N) is 1. The Morgan fingerprint density at radius 3 is 2.59 bits per heavy atom. The fourth-order valence-corrected chi connectivity index (χ4v) is 2.44. The van der Waals surface area contributed by atoms with Crippen molar-refractivity contribution >= 4 is 29.3 Å². The van der Waals surface area contributed by atoms with Crippen molar-refractivity contribution in [2.24, 2.45) is 16.8 Å². The fraction of sp³-hybridized carbons (Fsp3) is 0.438. The van der Waals surface area contributed by atoms with Gasteiger partial charge in [-0.05, 0) is 30.5 Å². The number of nitrogens with one attached hydrogen (secondary N) is 1. The lowest BCUT2D eigenvalue weighted by atomic mass is 9.88. The lowest BCUT2D eigenvalue weighted by Gasteiger charge is -2.30. The number of ether oxygens (including phenoxy) is 1. The van der Waals surface area contributed by atoms with E-state index in [1.165, 1.54) is 0 Å². The summed E-state index contributed by atoms with van der Waals surface area (Å²) in [6, 6.07) is 6.07. The topological polar surface area (TPSA) is 67.8 Å². The lowest BCUT2D eigenvalue weighted by molar-refractivity contribution is -0.148. The molecule has 5 nitrogen and oxygen atoms in total. The maximum Gasteiger partial charge on any atom is 0.341 e. The Bertz CT molecular complexity index is 596. The maximum absolute atomic E-state index is 12.4. The number of urea groups is 1. The third-order valence-corrected chi connectivity index (χ3v) is 3.63. The molecule has 0 bridgehead atoms. The standard InChI is InChI=1S/C16H19ClN2O3/c1-9(2)8-22-15(20)13-10(3)18-16(21)19-14(13)11-4-6-12(17)7-5-11/h4-7,9,13-14H,8H2,1-3H3,(H,19,21). The predicted molar refractivity (Wildman–Crippen MR) is 85.1 cm³/mol. The largest absolute Gasteiger partial charge is 0.465 e. The highest BCUT2D eigenvalue weighted by Gasteiger charge is 2.37. The van der Waals surface area contributed by atoms with Crippen LogP contribution in [0.4, 0.5) is 4.79 Å². The van der Waals surface area contributed by atoms with Gasteiger partial charge in [0, 0.05) is 10.7 Å². The van der Waals surface area contributed by atoms with Crippen molar-refractivity contribution in [3.05, 3.63) is 34.9 Å². The van der Waals surface area contributed by atoms with Crippen LogP contribution in [-0.4, -0.2) is 24.3 Å². The minimum Gasteiger partial charge on any atom is -0.465 e. The van der Waals surface area contributed by atoms with Crippen LogP contribution in [0.2, 0.25) is 5.02 Å². The van der Waals surface area contributed by atoms with Crippen LogP contribution in [0.5, 0.6) is 0 Å². The van der Waals surface area contributed by atoms with Gasteiger partial charge in [-0.25, -0.2) is 9.79 Å². The molecule has 2 amide bonds. The first-order valence-electron chi connectivity index (χ1n) is 7.16. The predicted octanol–water partition coefficient (Wildman–Crippen LogP) is 3.38. The Kier molecular flexibility index (Phi) is 5.19. The zero-order valence-electron chi connectivity index (χ0n) is 12.8. The first kappa shape index (κ1) is 16.5. The average Bonchev–Trinajstić information content (AvgIpc) is 2.44. The molecular formula is C16H19ClN2O3. The Labute approximate surface area is 134 Å². The van der Waals surface area contributed by atoms with Gasteiger partial charge in [-0.3, -0.25) is 4.79 Å². The summed E-state index contributed by atoms with van der Waals surface area (Å²) in [5.74, 6) is -0.763. The molecule has 1 aliphatic rings. The number of carbonyl (C=O) groups excluding carboxylic acids is 2. The molecule has 0 fully saturated rings. The van der Waals surface area contributed by atoms with E-state index in [-0.39, 0.29) is 11.9 Å². The molecule has 0 aliphatic carbocycles. The molecule has 0 aromatic heterocycles. The summed E-state index contributed by atoms with van der Waals surface area (Å²) >= 11 is 5.89. The van der Waals surface area contributed by atoms with Gasteiger partial charge in [-0.15, -0.1) is 0 Å². The molecule has 6 heteroatoms. The molecule has 2 rings (SSSR count). The minimum atomic E-state index is -0.627. The highest BCUT2D eigenvalue weighted by Crippen LogP contribution is 2.29. The number of amides is 2. The zero-order chi connectivity index (χ0) is 16.3. The van der Waals surface area contributed by atoms with Crippen LogP contribution in [0.1, 0.15) is 32.4 Å². The first-order valence-corrected chi connectivity index (χ1v) is 7.54. The van der Waals surface area contributed by atoms with Crippen LogP contribution in [0.25, 0.3) is 0 Å². The number of carbonyl (C=O) groups is 2. The Hall–Kier alpha value is -1.88. The van der Waals surface area contributed by atoms with E-state index in [9.17, 15) is 9.59 Å². The highest BCUT2D eigenvalue weighted by atomic mass is 35.5. The average molecular weight is 323 g/mol. The molecule has 1 N–H and O–H groups in total. The molecule has 1 aromatic rings. The molecule has 0 saturated carbocycles. The van der Waals surface area contributed by atoms with E-state index >= 15 is 0 Å². The van der Waals surface area contributed by atoms with Gasteiger partial charge in [0.1, 0.15) is 5.92 Å². The van der Waals surface area contributed by atoms with Crippen molar-refractivity contribution in [1.82, 2.24) is 5.32 Å². The van der Waals surface area contributed by atoms with Crippen LogP contribution < -0.4 is 5.32 Å². The van der Waals surface area contributed by atoms with Crippen LogP contribution in [-0.2, 0) is 9.53 Å². The molecule has 0 saturated heterocycles. The van der Waals surface area contributed by atoms with Gasteiger partial charge in [0.2, 0.25) is 0 Å². The molecule has 0 spiro atoms. The molecule has 118 valence electrons. The van der Waals surface area contributed by atoms with Gasteiger partial charge in [-0.1, -0.05) is 37.6 Å². The second kappa shape index (κ2) is 6.92. The quantitative estimate of drug-likeness (QED) is 0.864. The summed E-state index contributed by atoms with van der Waals surface area (Å²) in [5.41, 5.74) is 1.25. The zero-order valence-corrected chi connectivity index (χ0v) is 13.6. The summed E-state index contributed by atoms with van der Waals surface area (Å²) in [7, 11) is 0. The highest BCUT2D eigenvalue weighted by molar-refractivity contribution is 6.30. The molecular weight excluding hydrogens is 304 g/mol. The Morgan fingerprint density at radius 2 is 2.00 bits per heavy atom. The van der Waals surface area contributed by atoms with Crippen molar-refractivity contribution in [3.63, 3.8) is 0 Å². The summed E-state index contributed by atoms with van der Waals surface area (Å²) in [6.07, 6.45) is 0. The minimum absolute atomic E-state index is 0.244. The van der Waals surface area contributed by atoms with E-state index in [0.29, 0.717) is 17.3 Å². The van der Waals surface area contributed by atoms with Gasteiger partial charge in [0.15, 0.2) is 0 Å². The van der Waals surface area contributed by atoms with Crippen LogP contribution in [0.15, 0.2) is 29.3 Å². The number of hydrogen-bond acceptors (Lipinski definition) is 3. The van der Waals surface area contributed by atoms with Gasteiger partial charge >= 0.3 is 12.0 Å². The summed E-state index contributed by atoms with van der Waals surface area (Å²) in [6.45, 7) is 5.94. The van der Waals surface area contributed by atoms with Crippen LogP contribution in [0, 0.1) is 11.8 Å². The molecule has 1 aromatic carbocycles. The van der Waals surface area contributed by atoms with Gasteiger partial charge in [-0.2, -0.15) is 0 Å². The van der Waals surface area contributed by atoms with Crippen molar-refractivity contribution in [2.75, 3.05) is 6.61 Å². The van der Waals surface area contributed by atoms with Crippen molar-refractivity contribution < 1.29 is 14.3 Å². The first-order chi connectivity index (χ1) is 10.4. The normalized spacial score (nSPS) is 21.3. The van der Waals surface area contributed by atoms with E-state index in [0.717, 1.165) is 5.56 Å². The molecule has 22 heavy (non-hydrogen) atoms. The summed E-state index contributed by atoms with van der Waals surface area (Å²) in [4.78, 5) is 27.9. The van der Waals surface area contributed by atoms with Crippen molar-refractivity contribution in [3.8, 4) is 0 Å². The maximum atomic E-state index is 12.4. The van der Waals surface area contributed by atoms with E-state index in [1.54, 1.807) is 31.2 Å². The number of aliphatic imine (C=N–C) groups is 1. The number of benzene rings is 1. The van der Waals surface area contributed by atoms with Gasteiger partial charge < -0.3 is 10.1 Å². The van der Waals surface area contributed by atoms with E-state index in [1.807, 2.05) is 13.8 Å². The molecule has 1 aliphatic heterocycles. The molecule has 2 unspecified atom stereocenters. The van der Waals surface area contributed by atoms with Gasteiger partial charge in [0.25, 0.3) is 0 Å².